The summed E-state index contributed by atoms with van der Waals surface area (Å²) >= 11 is 0. The molecule has 0 aliphatic carbocycles. The van der Waals surface area contributed by atoms with Crippen LogP contribution in [0.15, 0.2) is 30.5 Å². The SMILES string of the molecule is Cc1ccc(Oc2nc(N)nc3[nH]ncc23)cc1. The van der Waals surface area contributed by atoms with Crippen molar-refractivity contribution in [1.82, 2.24) is 20.2 Å². The van der Waals surface area contributed by atoms with Gasteiger partial charge in [0.05, 0.1) is 6.20 Å². The van der Waals surface area contributed by atoms with E-state index >= 15 is 0 Å². The van der Waals surface area contributed by atoms with Crippen molar-refractivity contribution in [3.05, 3.63) is 36.0 Å². The highest BCUT2D eigenvalue weighted by Crippen LogP contribution is 2.26. The number of rotatable bonds is 2. The van der Waals surface area contributed by atoms with Crippen LogP contribution in [0.3, 0.4) is 0 Å². The van der Waals surface area contributed by atoms with E-state index in [9.17, 15) is 0 Å². The highest BCUT2D eigenvalue weighted by molar-refractivity contribution is 5.80. The minimum Gasteiger partial charge on any atom is -0.438 e. The van der Waals surface area contributed by atoms with E-state index in [0.717, 1.165) is 5.56 Å². The van der Waals surface area contributed by atoms with Crippen LogP contribution in [-0.4, -0.2) is 20.2 Å². The van der Waals surface area contributed by atoms with Gasteiger partial charge in [0.25, 0.3) is 0 Å². The maximum absolute atomic E-state index is 5.69. The van der Waals surface area contributed by atoms with Gasteiger partial charge >= 0.3 is 0 Å². The van der Waals surface area contributed by atoms with E-state index < -0.39 is 0 Å². The Hall–Kier alpha value is -2.63. The maximum Gasteiger partial charge on any atom is 0.235 e. The summed E-state index contributed by atoms with van der Waals surface area (Å²) in [6.45, 7) is 2.01. The maximum atomic E-state index is 5.69. The number of H-pyrrole nitrogens is 1. The van der Waals surface area contributed by atoms with Crippen LogP contribution in [0.1, 0.15) is 5.56 Å². The fourth-order valence-corrected chi connectivity index (χ4v) is 1.62. The van der Waals surface area contributed by atoms with Gasteiger partial charge in [-0.05, 0) is 19.1 Å². The highest BCUT2D eigenvalue weighted by atomic mass is 16.5. The number of nitrogens with zero attached hydrogens (tertiary/aromatic N) is 3. The molecule has 0 radical (unpaired) electrons. The number of nitrogen functional groups attached to an aromatic ring is 1. The zero-order chi connectivity index (χ0) is 12.5. The zero-order valence-corrected chi connectivity index (χ0v) is 9.71. The minimum atomic E-state index is 0.147. The molecule has 6 heteroatoms. The summed E-state index contributed by atoms with van der Waals surface area (Å²) in [7, 11) is 0. The molecule has 0 saturated heterocycles. The standard InChI is InChI=1S/C12H11N5O/c1-7-2-4-8(5-3-7)18-11-9-6-14-17-10(9)15-12(13)16-11/h2-6H,1H3,(H3,13,14,15,16,17). The van der Waals surface area contributed by atoms with Crippen molar-refractivity contribution in [3.8, 4) is 11.6 Å². The van der Waals surface area contributed by atoms with E-state index in [0.29, 0.717) is 22.7 Å². The Morgan fingerprint density at radius 3 is 2.72 bits per heavy atom. The molecule has 3 aromatic rings. The van der Waals surface area contributed by atoms with Crippen molar-refractivity contribution in [2.75, 3.05) is 5.73 Å². The zero-order valence-electron chi connectivity index (χ0n) is 9.71. The largest absolute Gasteiger partial charge is 0.438 e. The van der Waals surface area contributed by atoms with Crippen LogP contribution < -0.4 is 10.5 Å². The highest BCUT2D eigenvalue weighted by Gasteiger charge is 2.09. The lowest BCUT2D eigenvalue weighted by molar-refractivity contribution is 0.469. The molecule has 0 bridgehead atoms. The van der Waals surface area contributed by atoms with E-state index in [4.69, 9.17) is 10.5 Å². The van der Waals surface area contributed by atoms with Gasteiger partial charge in [-0.3, -0.25) is 5.10 Å². The second-order valence-electron chi connectivity index (χ2n) is 3.93. The number of anilines is 1. The smallest absolute Gasteiger partial charge is 0.235 e. The Kier molecular flexibility index (Phi) is 2.33. The Balaban J connectivity index is 2.03. The van der Waals surface area contributed by atoms with E-state index in [1.54, 1.807) is 6.20 Å². The molecule has 90 valence electrons. The van der Waals surface area contributed by atoms with Gasteiger partial charge in [0, 0.05) is 0 Å². The quantitative estimate of drug-likeness (QED) is 0.716. The Morgan fingerprint density at radius 1 is 1.17 bits per heavy atom. The van der Waals surface area contributed by atoms with Crippen molar-refractivity contribution < 1.29 is 4.74 Å². The molecule has 3 rings (SSSR count). The Bertz CT molecular complexity index is 689. The van der Waals surface area contributed by atoms with Gasteiger partial charge in [-0.1, -0.05) is 17.7 Å². The van der Waals surface area contributed by atoms with Crippen LogP contribution in [0.25, 0.3) is 11.0 Å². The monoisotopic (exact) mass is 241 g/mol. The van der Waals surface area contributed by atoms with Gasteiger partial charge < -0.3 is 10.5 Å². The number of aromatic nitrogens is 4. The van der Waals surface area contributed by atoms with Crippen LogP contribution >= 0.6 is 0 Å². The fraction of sp³-hybridized carbons (Fsp3) is 0.0833. The Labute approximate surface area is 103 Å². The topological polar surface area (TPSA) is 89.7 Å². The summed E-state index contributed by atoms with van der Waals surface area (Å²) in [5, 5.41) is 7.33. The number of benzene rings is 1. The number of aromatic amines is 1. The predicted molar refractivity (Wildman–Crippen MR) is 67.3 cm³/mol. The average Bonchev–Trinajstić information content (AvgIpc) is 2.80. The summed E-state index contributed by atoms with van der Waals surface area (Å²) in [5.74, 6) is 1.24. The van der Waals surface area contributed by atoms with Crippen LogP contribution in [0.4, 0.5) is 5.95 Å². The lowest BCUT2D eigenvalue weighted by Gasteiger charge is -2.06. The Morgan fingerprint density at radius 2 is 1.94 bits per heavy atom. The number of hydrogen-bond acceptors (Lipinski definition) is 5. The summed E-state index contributed by atoms with van der Waals surface area (Å²) in [6.07, 6.45) is 1.61. The molecule has 2 aromatic heterocycles. The third kappa shape index (κ3) is 1.84. The van der Waals surface area contributed by atoms with Gasteiger partial charge in [0.1, 0.15) is 11.1 Å². The van der Waals surface area contributed by atoms with Crippen LogP contribution in [0.2, 0.25) is 0 Å². The van der Waals surface area contributed by atoms with E-state index in [1.165, 1.54) is 0 Å². The lowest BCUT2D eigenvalue weighted by atomic mass is 10.2. The molecule has 0 unspecified atom stereocenters. The third-order valence-electron chi connectivity index (χ3n) is 2.53. The van der Waals surface area contributed by atoms with Gasteiger partial charge in [-0.15, -0.1) is 0 Å². The molecule has 0 fully saturated rings. The molecule has 0 aliphatic heterocycles. The molecular weight excluding hydrogens is 230 g/mol. The molecule has 1 aromatic carbocycles. The first-order valence-corrected chi connectivity index (χ1v) is 5.43. The number of ether oxygens (including phenoxy) is 1. The second kappa shape index (κ2) is 3.99. The molecule has 18 heavy (non-hydrogen) atoms. The molecule has 0 atom stereocenters. The van der Waals surface area contributed by atoms with E-state index in [1.807, 2.05) is 31.2 Å². The number of hydrogen-bond donors (Lipinski definition) is 2. The van der Waals surface area contributed by atoms with Gasteiger partial charge in [-0.25, -0.2) is 0 Å². The molecule has 0 aliphatic rings. The van der Waals surface area contributed by atoms with Crippen LogP contribution in [0, 0.1) is 6.92 Å². The van der Waals surface area contributed by atoms with Crippen molar-refractivity contribution in [3.63, 3.8) is 0 Å². The number of aryl methyl sites for hydroxylation is 1. The predicted octanol–water partition coefficient (Wildman–Crippen LogP) is 2.04. The first kappa shape index (κ1) is 10.5. The summed E-state index contributed by atoms with van der Waals surface area (Å²) in [6, 6.07) is 7.68. The molecule has 0 amide bonds. The van der Waals surface area contributed by atoms with Gasteiger partial charge in [0.15, 0.2) is 5.65 Å². The van der Waals surface area contributed by atoms with Crippen molar-refractivity contribution in [2.45, 2.75) is 6.92 Å². The van der Waals surface area contributed by atoms with Crippen molar-refractivity contribution in [2.24, 2.45) is 0 Å². The number of nitrogens with one attached hydrogen (secondary N) is 1. The average molecular weight is 241 g/mol. The first-order valence-electron chi connectivity index (χ1n) is 5.43. The van der Waals surface area contributed by atoms with E-state index in [-0.39, 0.29) is 5.95 Å². The molecule has 3 N–H and O–H groups in total. The third-order valence-corrected chi connectivity index (χ3v) is 2.53. The van der Waals surface area contributed by atoms with E-state index in [2.05, 4.69) is 20.2 Å². The minimum absolute atomic E-state index is 0.147. The fourth-order valence-electron chi connectivity index (χ4n) is 1.62. The molecule has 6 nitrogen and oxygen atoms in total. The lowest BCUT2D eigenvalue weighted by Crippen LogP contribution is -1.98. The number of fused-ring (bicyclic) bond motifs is 1. The molecule has 0 spiro atoms. The summed E-state index contributed by atoms with van der Waals surface area (Å²) in [5.41, 5.74) is 7.34. The van der Waals surface area contributed by atoms with Crippen LogP contribution in [0.5, 0.6) is 11.6 Å². The van der Waals surface area contributed by atoms with Gasteiger partial charge in [-0.2, -0.15) is 15.1 Å². The van der Waals surface area contributed by atoms with Crippen molar-refractivity contribution >= 4 is 17.0 Å². The molecule has 2 heterocycles. The molecular formula is C12H11N5O. The molecule has 0 saturated carbocycles. The van der Waals surface area contributed by atoms with Gasteiger partial charge in [0.2, 0.25) is 11.8 Å². The van der Waals surface area contributed by atoms with Crippen LogP contribution in [-0.2, 0) is 0 Å². The summed E-state index contributed by atoms with van der Waals surface area (Å²) in [4.78, 5) is 8.10. The first-order chi connectivity index (χ1) is 8.72. The summed E-state index contributed by atoms with van der Waals surface area (Å²) < 4.78 is 5.69. The second-order valence-corrected chi connectivity index (χ2v) is 3.93. The normalized spacial score (nSPS) is 10.7. The number of nitrogens with two attached hydrogens (primary N) is 1. The van der Waals surface area contributed by atoms with Crippen molar-refractivity contribution in [1.29, 1.82) is 0 Å².